The summed E-state index contributed by atoms with van der Waals surface area (Å²) in [6, 6.07) is 6.66. The van der Waals surface area contributed by atoms with Crippen LogP contribution in [0, 0.1) is 5.41 Å². The van der Waals surface area contributed by atoms with Gasteiger partial charge >= 0.3 is 0 Å². The molecule has 0 spiro atoms. The molecule has 1 aliphatic rings. The van der Waals surface area contributed by atoms with Crippen LogP contribution >= 0.6 is 11.3 Å². The van der Waals surface area contributed by atoms with E-state index in [0.29, 0.717) is 12.0 Å². The molecule has 31 heavy (non-hydrogen) atoms. The molecule has 6 heteroatoms. The van der Waals surface area contributed by atoms with E-state index in [4.69, 9.17) is 4.98 Å². The lowest BCUT2D eigenvalue weighted by molar-refractivity contribution is -0.0390. The summed E-state index contributed by atoms with van der Waals surface area (Å²) in [6.45, 7) is 17.1. The molecule has 0 unspecified atom stereocenters. The lowest BCUT2D eigenvalue weighted by Crippen LogP contribution is -2.60. The summed E-state index contributed by atoms with van der Waals surface area (Å²) < 4.78 is 0. The molecular weight excluding hydrogens is 404 g/mol. The van der Waals surface area contributed by atoms with Crippen LogP contribution in [0.1, 0.15) is 79.5 Å². The highest BCUT2D eigenvalue weighted by atomic mass is 32.1. The molecule has 1 saturated heterocycles. The Morgan fingerprint density at radius 3 is 2.35 bits per heavy atom. The van der Waals surface area contributed by atoms with E-state index in [-0.39, 0.29) is 16.5 Å². The Morgan fingerprint density at radius 1 is 1.10 bits per heavy atom. The van der Waals surface area contributed by atoms with Crippen molar-refractivity contribution < 1.29 is 5.11 Å². The fourth-order valence-electron chi connectivity index (χ4n) is 4.56. The zero-order valence-corrected chi connectivity index (χ0v) is 21.3. The minimum atomic E-state index is -0.696. The van der Waals surface area contributed by atoms with Crippen LogP contribution in [0.5, 0.6) is 0 Å². The first kappa shape index (κ1) is 24.1. The van der Waals surface area contributed by atoms with Crippen LogP contribution in [0.3, 0.4) is 0 Å². The fourth-order valence-corrected chi connectivity index (χ4v) is 5.54. The van der Waals surface area contributed by atoms with E-state index in [1.807, 2.05) is 26.1 Å². The molecular formula is C25H40N4OS. The van der Waals surface area contributed by atoms with Gasteiger partial charge in [0.05, 0.1) is 16.2 Å². The zero-order valence-electron chi connectivity index (χ0n) is 20.5. The highest BCUT2D eigenvalue weighted by molar-refractivity contribution is 7.15. The van der Waals surface area contributed by atoms with Gasteiger partial charge in [-0.2, -0.15) is 0 Å². The van der Waals surface area contributed by atoms with E-state index in [1.165, 1.54) is 4.88 Å². The van der Waals surface area contributed by atoms with Gasteiger partial charge in [-0.3, -0.25) is 0 Å². The van der Waals surface area contributed by atoms with Crippen LogP contribution in [0.2, 0.25) is 0 Å². The molecule has 3 N–H and O–H groups in total. The first-order chi connectivity index (χ1) is 14.2. The minimum absolute atomic E-state index is 0.0800. The number of aryl methyl sites for hydroxylation is 1. The largest absolute Gasteiger partial charge is 0.390 e. The number of nitrogens with one attached hydrogen (secondary N) is 2. The molecule has 2 aromatic heterocycles. The molecule has 5 nitrogen and oxygen atoms in total. The van der Waals surface area contributed by atoms with Crippen molar-refractivity contribution in [2.24, 2.45) is 5.41 Å². The third kappa shape index (κ3) is 6.27. The first-order valence-corrected chi connectivity index (χ1v) is 12.2. The lowest BCUT2D eigenvalue weighted by Gasteiger charge is -2.46. The van der Waals surface area contributed by atoms with Crippen molar-refractivity contribution in [1.29, 1.82) is 0 Å². The van der Waals surface area contributed by atoms with Gasteiger partial charge in [-0.05, 0) is 90.8 Å². The van der Waals surface area contributed by atoms with Crippen LogP contribution in [0.25, 0.3) is 10.6 Å². The highest BCUT2D eigenvalue weighted by Gasteiger charge is 2.38. The summed E-state index contributed by atoms with van der Waals surface area (Å²) in [7, 11) is 0. The van der Waals surface area contributed by atoms with Crippen LogP contribution in [-0.4, -0.2) is 37.8 Å². The van der Waals surface area contributed by atoms with E-state index in [1.54, 1.807) is 11.3 Å². The zero-order chi connectivity index (χ0) is 23.1. The molecule has 0 saturated carbocycles. The summed E-state index contributed by atoms with van der Waals surface area (Å²) in [6.07, 6.45) is 5.80. The SMILES string of the molecule is CC1(C)CC(Nc2nccc(-c3ccc(CCC(C)(C)C(C)(C)O)s3)n2)CC(C)(C)N1. The van der Waals surface area contributed by atoms with Crippen molar-refractivity contribution in [2.45, 2.75) is 104 Å². The quantitative estimate of drug-likeness (QED) is 0.514. The van der Waals surface area contributed by atoms with Crippen molar-refractivity contribution in [1.82, 2.24) is 15.3 Å². The summed E-state index contributed by atoms with van der Waals surface area (Å²) in [5.41, 5.74) is 0.285. The van der Waals surface area contributed by atoms with E-state index in [2.05, 4.69) is 69.3 Å². The fraction of sp³-hybridized carbons (Fsp3) is 0.680. The molecule has 2 aromatic rings. The molecule has 0 radical (unpaired) electrons. The highest BCUT2D eigenvalue weighted by Crippen LogP contribution is 2.37. The van der Waals surface area contributed by atoms with E-state index < -0.39 is 5.60 Å². The Labute approximate surface area is 192 Å². The first-order valence-electron chi connectivity index (χ1n) is 11.4. The molecule has 3 rings (SSSR count). The van der Waals surface area contributed by atoms with E-state index in [0.717, 1.165) is 36.3 Å². The van der Waals surface area contributed by atoms with Crippen molar-refractivity contribution in [2.75, 3.05) is 5.32 Å². The Bertz CT molecular complexity index is 879. The summed E-state index contributed by atoms with van der Waals surface area (Å²) >= 11 is 1.78. The van der Waals surface area contributed by atoms with Gasteiger partial charge in [-0.15, -0.1) is 11.3 Å². The lowest BCUT2D eigenvalue weighted by atomic mass is 9.74. The van der Waals surface area contributed by atoms with Crippen molar-refractivity contribution in [3.05, 3.63) is 29.3 Å². The van der Waals surface area contributed by atoms with Gasteiger partial charge < -0.3 is 15.7 Å². The molecule has 0 amide bonds. The predicted octanol–water partition coefficient (Wildman–Crippen LogP) is 5.66. The maximum Gasteiger partial charge on any atom is 0.223 e. The summed E-state index contributed by atoms with van der Waals surface area (Å²) in [5.74, 6) is 0.703. The normalized spacial score (nSPS) is 19.4. The molecule has 1 fully saturated rings. The number of aromatic nitrogens is 2. The van der Waals surface area contributed by atoms with E-state index in [9.17, 15) is 5.11 Å². The third-order valence-corrected chi connectivity index (χ3v) is 7.91. The number of aliphatic hydroxyl groups is 1. The Morgan fingerprint density at radius 2 is 1.74 bits per heavy atom. The van der Waals surface area contributed by atoms with Gasteiger partial charge in [-0.1, -0.05) is 13.8 Å². The van der Waals surface area contributed by atoms with Crippen molar-refractivity contribution in [3.63, 3.8) is 0 Å². The number of piperidine rings is 1. The van der Waals surface area contributed by atoms with Gasteiger partial charge in [0.25, 0.3) is 0 Å². The van der Waals surface area contributed by atoms with Crippen LogP contribution in [0.4, 0.5) is 5.95 Å². The molecule has 0 aliphatic carbocycles. The number of thiophene rings is 1. The number of hydrogen-bond donors (Lipinski definition) is 3. The van der Waals surface area contributed by atoms with Crippen LogP contribution < -0.4 is 10.6 Å². The average Bonchev–Trinajstić information content (AvgIpc) is 3.05. The molecule has 1 aliphatic heterocycles. The smallest absolute Gasteiger partial charge is 0.223 e. The van der Waals surface area contributed by atoms with Gasteiger partial charge in [0.15, 0.2) is 0 Å². The van der Waals surface area contributed by atoms with Crippen molar-refractivity contribution in [3.8, 4) is 10.6 Å². The maximum absolute atomic E-state index is 10.4. The number of hydrogen-bond acceptors (Lipinski definition) is 6. The predicted molar refractivity (Wildman–Crippen MR) is 132 cm³/mol. The molecule has 0 aromatic carbocycles. The van der Waals surface area contributed by atoms with Gasteiger partial charge in [0.2, 0.25) is 5.95 Å². The molecule has 172 valence electrons. The van der Waals surface area contributed by atoms with Crippen LogP contribution in [0.15, 0.2) is 24.4 Å². The summed E-state index contributed by atoms with van der Waals surface area (Å²) in [4.78, 5) is 11.8. The minimum Gasteiger partial charge on any atom is -0.390 e. The summed E-state index contributed by atoms with van der Waals surface area (Å²) in [5, 5.41) is 17.7. The average molecular weight is 445 g/mol. The van der Waals surface area contributed by atoms with Gasteiger partial charge in [0, 0.05) is 28.2 Å². The van der Waals surface area contributed by atoms with E-state index >= 15 is 0 Å². The number of nitrogens with zero attached hydrogens (tertiary/aromatic N) is 2. The second kappa shape index (κ2) is 8.45. The Hall–Kier alpha value is -1.50. The molecule has 3 heterocycles. The monoisotopic (exact) mass is 444 g/mol. The molecule has 0 atom stereocenters. The Balaban J connectivity index is 1.68. The topological polar surface area (TPSA) is 70.1 Å². The second-order valence-electron chi connectivity index (χ2n) is 11.6. The number of anilines is 1. The standard InChI is InChI=1S/C25H40N4OS/c1-22(2,25(7,8)30)13-11-18-9-10-20(31-18)19-12-14-26-21(28-19)27-17-15-23(3,4)29-24(5,6)16-17/h9-10,12,14,17,29-30H,11,13,15-16H2,1-8H3,(H,26,27,28). The number of rotatable bonds is 7. The molecule has 0 bridgehead atoms. The third-order valence-electron chi connectivity index (χ3n) is 6.75. The van der Waals surface area contributed by atoms with Crippen LogP contribution in [-0.2, 0) is 6.42 Å². The van der Waals surface area contributed by atoms with Crippen molar-refractivity contribution >= 4 is 17.3 Å². The van der Waals surface area contributed by atoms with Gasteiger partial charge in [-0.25, -0.2) is 9.97 Å². The van der Waals surface area contributed by atoms with Gasteiger partial charge in [0.1, 0.15) is 0 Å². The second-order valence-corrected chi connectivity index (χ2v) is 12.8. The maximum atomic E-state index is 10.4. The Kier molecular flexibility index (Phi) is 6.58.